The maximum absolute atomic E-state index is 13.3. The summed E-state index contributed by atoms with van der Waals surface area (Å²) in [5.41, 5.74) is 4.38. The molecule has 0 bridgehead atoms. The number of nitrogens with one attached hydrogen (secondary N) is 1. The topological polar surface area (TPSA) is 68.9 Å². The van der Waals surface area contributed by atoms with Gasteiger partial charge in [-0.2, -0.15) is 13.2 Å². The van der Waals surface area contributed by atoms with E-state index >= 15 is 0 Å². The van der Waals surface area contributed by atoms with Gasteiger partial charge in [0.2, 0.25) is 0 Å². The highest BCUT2D eigenvalue weighted by atomic mass is 19.4. The van der Waals surface area contributed by atoms with E-state index < -0.39 is 17.3 Å². The molecule has 0 aliphatic rings. The molecule has 1 rings (SSSR count). The Morgan fingerprint density at radius 1 is 1.23 bits per heavy atom. The third-order valence-electron chi connectivity index (χ3n) is 3.21. The monoisotopic (exact) mass is 375 g/mol. The molecule has 0 aromatic heterocycles. The molecule has 148 valence electrons. The summed E-state index contributed by atoms with van der Waals surface area (Å²) in [5, 5.41) is 2.85. The van der Waals surface area contributed by atoms with Crippen LogP contribution in [0.4, 0.5) is 13.2 Å². The minimum Gasteiger partial charge on any atom is -0.488 e. The Morgan fingerprint density at radius 2 is 1.92 bits per heavy atom. The molecule has 0 fully saturated rings. The lowest BCUT2D eigenvalue weighted by atomic mass is 10.1. The maximum atomic E-state index is 13.3. The van der Waals surface area contributed by atoms with E-state index in [2.05, 4.69) is 10.3 Å². The molecule has 26 heavy (non-hydrogen) atoms. The standard InChI is InChI=1S/C18H28F3N3O2/c1-5-25-10-6-9-23-16(22)24-12-13-7-8-14(26-17(2,3)4)11-15(13)18(19,20)21/h7-8,11H,5-6,9-10,12H2,1-4H3,(H3,22,23,24). The second kappa shape index (κ2) is 9.66. The number of nitrogens with two attached hydrogens (primary N) is 1. The summed E-state index contributed by atoms with van der Waals surface area (Å²) < 4.78 is 50.7. The highest BCUT2D eigenvalue weighted by Gasteiger charge is 2.34. The molecule has 0 atom stereocenters. The molecule has 0 aliphatic carbocycles. The third-order valence-corrected chi connectivity index (χ3v) is 3.21. The van der Waals surface area contributed by atoms with Crippen LogP contribution in [-0.4, -0.2) is 31.3 Å². The first-order valence-electron chi connectivity index (χ1n) is 8.53. The van der Waals surface area contributed by atoms with Gasteiger partial charge < -0.3 is 20.5 Å². The van der Waals surface area contributed by atoms with Crippen LogP contribution in [0.5, 0.6) is 5.75 Å². The van der Waals surface area contributed by atoms with Crippen molar-refractivity contribution in [2.45, 2.75) is 52.4 Å². The minimum absolute atomic E-state index is 0.0397. The minimum atomic E-state index is -4.50. The third kappa shape index (κ3) is 8.42. The summed E-state index contributed by atoms with van der Waals surface area (Å²) in [5.74, 6) is 0.268. The molecule has 8 heteroatoms. The van der Waals surface area contributed by atoms with E-state index in [-0.39, 0.29) is 23.8 Å². The number of hydrogen-bond donors (Lipinski definition) is 2. The normalized spacial score (nSPS) is 13.0. The van der Waals surface area contributed by atoms with Crippen LogP contribution in [0.2, 0.25) is 0 Å². The smallest absolute Gasteiger partial charge is 0.416 e. The van der Waals surface area contributed by atoms with Gasteiger partial charge in [0.15, 0.2) is 5.96 Å². The maximum Gasteiger partial charge on any atom is 0.416 e. The van der Waals surface area contributed by atoms with Gasteiger partial charge in [-0.05, 0) is 51.8 Å². The molecule has 1 aromatic rings. The average molecular weight is 375 g/mol. The number of rotatable bonds is 8. The molecule has 0 radical (unpaired) electrons. The van der Waals surface area contributed by atoms with Crippen LogP contribution in [0.3, 0.4) is 0 Å². The summed E-state index contributed by atoms with van der Waals surface area (Å²) in [7, 11) is 0. The first kappa shape index (κ1) is 22.1. The Labute approximate surface area is 152 Å². The first-order valence-corrected chi connectivity index (χ1v) is 8.53. The molecule has 0 amide bonds. The van der Waals surface area contributed by atoms with E-state index in [1.165, 1.54) is 12.1 Å². The number of benzene rings is 1. The van der Waals surface area contributed by atoms with Gasteiger partial charge in [0.25, 0.3) is 0 Å². The van der Waals surface area contributed by atoms with Gasteiger partial charge in [-0.3, -0.25) is 0 Å². The summed E-state index contributed by atoms with van der Waals surface area (Å²) in [6, 6.07) is 3.88. The number of aliphatic imine (C=N–C) groups is 1. The fourth-order valence-corrected chi connectivity index (χ4v) is 2.14. The Hall–Kier alpha value is -1.96. The highest BCUT2D eigenvalue weighted by molar-refractivity contribution is 5.77. The van der Waals surface area contributed by atoms with Gasteiger partial charge in [0.05, 0.1) is 12.1 Å². The van der Waals surface area contributed by atoms with Crippen molar-refractivity contribution in [2.24, 2.45) is 10.7 Å². The fraction of sp³-hybridized carbons (Fsp3) is 0.611. The molecule has 0 spiro atoms. The predicted octanol–water partition coefficient (Wildman–Crippen LogP) is 3.71. The number of halogens is 3. The molecule has 0 aliphatic heterocycles. The first-order chi connectivity index (χ1) is 12.0. The molecular weight excluding hydrogens is 347 g/mol. The lowest BCUT2D eigenvalue weighted by Crippen LogP contribution is -2.33. The zero-order valence-electron chi connectivity index (χ0n) is 15.7. The molecule has 0 heterocycles. The van der Waals surface area contributed by atoms with E-state index in [1.54, 1.807) is 20.8 Å². The van der Waals surface area contributed by atoms with E-state index in [9.17, 15) is 13.2 Å². The Bertz CT molecular complexity index is 596. The fourth-order valence-electron chi connectivity index (χ4n) is 2.14. The lowest BCUT2D eigenvalue weighted by molar-refractivity contribution is -0.138. The quantitative estimate of drug-likeness (QED) is 0.413. The van der Waals surface area contributed by atoms with E-state index in [0.717, 1.165) is 12.5 Å². The lowest BCUT2D eigenvalue weighted by Gasteiger charge is -2.22. The van der Waals surface area contributed by atoms with Crippen LogP contribution in [0.25, 0.3) is 0 Å². The molecular formula is C18H28F3N3O2. The molecule has 5 nitrogen and oxygen atoms in total. The molecule has 0 unspecified atom stereocenters. The van der Waals surface area contributed by atoms with Crippen molar-refractivity contribution < 1.29 is 22.6 Å². The van der Waals surface area contributed by atoms with Crippen molar-refractivity contribution in [3.05, 3.63) is 29.3 Å². The van der Waals surface area contributed by atoms with E-state index in [1.807, 2.05) is 6.92 Å². The Kier molecular flexibility index (Phi) is 8.20. The highest BCUT2D eigenvalue weighted by Crippen LogP contribution is 2.35. The van der Waals surface area contributed by atoms with Crippen molar-refractivity contribution in [3.8, 4) is 5.75 Å². The van der Waals surface area contributed by atoms with Crippen molar-refractivity contribution in [1.29, 1.82) is 0 Å². The molecule has 1 aromatic carbocycles. The number of alkyl halides is 3. The van der Waals surface area contributed by atoms with Gasteiger partial charge in [0.1, 0.15) is 11.4 Å². The van der Waals surface area contributed by atoms with Crippen LogP contribution in [0.1, 0.15) is 45.2 Å². The van der Waals surface area contributed by atoms with Crippen LogP contribution in [0.15, 0.2) is 23.2 Å². The van der Waals surface area contributed by atoms with Crippen LogP contribution in [0, 0.1) is 0 Å². The van der Waals surface area contributed by atoms with Gasteiger partial charge in [-0.25, -0.2) is 4.99 Å². The second-order valence-corrected chi connectivity index (χ2v) is 6.71. The van der Waals surface area contributed by atoms with Crippen molar-refractivity contribution in [1.82, 2.24) is 5.32 Å². The van der Waals surface area contributed by atoms with Crippen molar-refractivity contribution in [3.63, 3.8) is 0 Å². The molecule has 0 saturated heterocycles. The van der Waals surface area contributed by atoms with E-state index in [0.29, 0.717) is 19.8 Å². The second-order valence-electron chi connectivity index (χ2n) is 6.71. The van der Waals surface area contributed by atoms with Gasteiger partial charge in [0, 0.05) is 19.8 Å². The van der Waals surface area contributed by atoms with Crippen LogP contribution >= 0.6 is 0 Å². The SMILES string of the molecule is CCOCCCNC(N)=NCc1ccc(OC(C)(C)C)cc1C(F)(F)F. The molecule has 3 N–H and O–H groups in total. The molecule has 0 saturated carbocycles. The Balaban J connectivity index is 2.80. The zero-order chi connectivity index (χ0) is 19.8. The average Bonchev–Trinajstić information content (AvgIpc) is 2.51. The van der Waals surface area contributed by atoms with Crippen LogP contribution in [-0.2, 0) is 17.5 Å². The summed E-state index contributed by atoms with van der Waals surface area (Å²) in [6.07, 6.45) is -3.77. The predicted molar refractivity (Wildman–Crippen MR) is 96.3 cm³/mol. The van der Waals surface area contributed by atoms with Gasteiger partial charge in [-0.15, -0.1) is 0 Å². The number of hydrogen-bond acceptors (Lipinski definition) is 3. The number of nitrogens with zero attached hydrogens (tertiary/aromatic N) is 1. The summed E-state index contributed by atoms with van der Waals surface area (Å²) in [4.78, 5) is 3.99. The largest absolute Gasteiger partial charge is 0.488 e. The Morgan fingerprint density at radius 3 is 2.50 bits per heavy atom. The summed E-state index contributed by atoms with van der Waals surface area (Å²) in [6.45, 7) is 8.82. The number of guanidine groups is 1. The zero-order valence-corrected chi connectivity index (χ0v) is 15.7. The number of ether oxygens (including phenoxy) is 2. The van der Waals surface area contributed by atoms with E-state index in [4.69, 9.17) is 15.2 Å². The summed E-state index contributed by atoms with van der Waals surface area (Å²) >= 11 is 0. The van der Waals surface area contributed by atoms with Gasteiger partial charge >= 0.3 is 6.18 Å². The van der Waals surface area contributed by atoms with Crippen molar-refractivity contribution >= 4 is 5.96 Å². The van der Waals surface area contributed by atoms with Gasteiger partial charge in [-0.1, -0.05) is 6.07 Å². The van der Waals surface area contributed by atoms with Crippen molar-refractivity contribution in [2.75, 3.05) is 19.8 Å². The van der Waals surface area contributed by atoms with Crippen LogP contribution < -0.4 is 15.8 Å².